The first-order chi connectivity index (χ1) is 8.86. The maximum absolute atomic E-state index is 12.1. The van der Waals surface area contributed by atoms with Gasteiger partial charge >= 0.3 is 0 Å². The van der Waals surface area contributed by atoms with Crippen LogP contribution in [-0.4, -0.2) is 42.4 Å². The molecule has 1 saturated carbocycles. The van der Waals surface area contributed by atoms with E-state index in [9.17, 15) is 9.59 Å². The average Bonchev–Trinajstić information content (AvgIpc) is 2.39. The second kappa shape index (κ2) is 6.89. The Morgan fingerprint density at radius 2 is 2.05 bits per heavy atom. The summed E-state index contributed by atoms with van der Waals surface area (Å²) in [5.74, 6) is 0.347. The van der Waals surface area contributed by atoms with Crippen molar-refractivity contribution in [3.05, 3.63) is 0 Å². The Labute approximate surface area is 115 Å². The van der Waals surface area contributed by atoms with E-state index in [1.165, 1.54) is 0 Å². The molecule has 0 spiro atoms. The van der Waals surface area contributed by atoms with Gasteiger partial charge in [0, 0.05) is 25.6 Å². The topological polar surface area (TPSA) is 75.4 Å². The maximum atomic E-state index is 12.1. The highest BCUT2D eigenvalue weighted by atomic mass is 16.2. The summed E-state index contributed by atoms with van der Waals surface area (Å²) in [5.41, 5.74) is 6.01. The third-order valence-corrected chi connectivity index (χ3v) is 4.21. The molecule has 0 aromatic heterocycles. The van der Waals surface area contributed by atoms with Gasteiger partial charge in [-0.3, -0.25) is 9.59 Å². The van der Waals surface area contributed by atoms with Crippen molar-refractivity contribution in [1.29, 1.82) is 0 Å². The van der Waals surface area contributed by atoms with E-state index in [4.69, 9.17) is 5.73 Å². The van der Waals surface area contributed by atoms with Gasteiger partial charge in [-0.15, -0.1) is 0 Å². The zero-order chi connectivity index (χ0) is 14.6. The molecule has 2 amide bonds. The first-order valence-corrected chi connectivity index (χ1v) is 7.17. The Kier molecular flexibility index (Phi) is 5.79. The van der Waals surface area contributed by atoms with E-state index < -0.39 is 6.04 Å². The molecule has 110 valence electrons. The van der Waals surface area contributed by atoms with E-state index in [1.807, 2.05) is 6.92 Å². The molecule has 1 rings (SSSR count). The van der Waals surface area contributed by atoms with Crippen molar-refractivity contribution in [2.45, 2.75) is 52.1 Å². The van der Waals surface area contributed by atoms with Crippen molar-refractivity contribution in [2.75, 3.05) is 13.6 Å². The van der Waals surface area contributed by atoms with Gasteiger partial charge < -0.3 is 16.0 Å². The van der Waals surface area contributed by atoms with Crippen LogP contribution in [0.15, 0.2) is 0 Å². The van der Waals surface area contributed by atoms with Gasteiger partial charge in [0.05, 0.1) is 0 Å². The summed E-state index contributed by atoms with van der Waals surface area (Å²) in [7, 11) is 1.74. The van der Waals surface area contributed by atoms with Crippen molar-refractivity contribution in [2.24, 2.45) is 17.6 Å². The molecular formula is C14H27N3O2. The zero-order valence-corrected chi connectivity index (χ0v) is 12.5. The van der Waals surface area contributed by atoms with E-state index in [0.29, 0.717) is 12.5 Å². The molecule has 5 nitrogen and oxygen atoms in total. The number of carbonyl (C=O) groups excluding carboxylic acids is 2. The molecule has 0 aromatic carbocycles. The number of likely N-dealkylation sites (N-methyl/N-ethyl adjacent to an activating group) is 1. The lowest BCUT2D eigenvalue weighted by atomic mass is 9.79. The van der Waals surface area contributed by atoms with E-state index in [-0.39, 0.29) is 23.8 Å². The normalized spacial score (nSPS) is 28.6. The first kappa shape index (κ1) is 16.0. The Bertz CT molecular complexity index is 333. The summed E-state index contributed by atoms with van der Waals surface area (Å²) in [5, 5.41) is 2.81. The van der Waals surface area contributed by atoms with Crippen LogP contribution in [0.4, 0.5) is 0 Å². The number of nitrogens with one attached hydrogen (secondary N) is 1. The number of hydrogen-bond donors (Lipinski definition) is 2. The number of amides is 2. The van der Waals surface area contributed by atoms with Crippen molar-refractivity contribution in [3.63, 3.8) is 0 Å². The van der Waals surface area contributed by atoms with Gasteiger partial charge in [0.15, 0.2) is 0 Å². The largest absolute Gasteiger partial charge is 0.344 e. The number of rotatable bonds is 4. The molecule has 4 unspecified atom stereocenters. The van der Waals surface area contributed by atoms with E-state index in [0.717, 1.165) is 19.3 Å². The molecule has 0 aliphatic heterocycles. The Morgan fingerprint density at radius 1 is 1.42 bits per heavy atom. The number of nitrogens with zero attached hydrogens (tertiary/aromatic N) is 1. The standard InChI is InChI=1S/C14H27N3O2/c1-5-17(4)14(19)10(3)16-13(18)11-7-6-9(2)12(15)8-11/h9-12H,5-8,15H2,1-4H3,(H,16,18). The van der Waals surface area contributed by atoms with Crippen LogP contribution in [0.3, 0.4) is 0 Å². The smallest absolute Gasteiger partial charge is 0.244 e. The van der Waals surface area contributed by atoms with Crippen molar-refractivity contribution in [1.82, 2.24) is 10.2 Å². The maximum Gasteiger partial charge on any atom is 0.244 e. The molecule has 1 aliphatic rings. The summed E-state index contributed by atoms with van der Waals surface area (Å²) in [4.78, 5) is 25.6. The summed E-state index contributed by atoms with van der Waals surface area (Å²) in [6, 6.07) is -0.373. The van der Waals surface area contributed by atoms with Gasteiger partial charge in [-0.1, -0.05) is 6.92 Å². The molecule has 0 bridgehead atoms. The van der Waals surface area contributed by atoms with Crippen LogP contribution in [0.5, 0.6) is 0 Å². The third-order valence-electron chi connectivity index (χ3n) is 4.21. The van der Waals surface area contributed by atoms with Crippen LogP contribution in [0.2, 0.25) is 0 Å². The van der Waals surface area contributed by atoms with Gasteiger partial charge in [-0.25, -0.2) is 0 Å². The fourth-order valence-corrected chi connectivity index (χ4v) is 2.47. The highest BCUT2D eigenvalue weighted by Crippen LogP contribution is 2.27. The highest BCUT2D eigenvalue weighted by Gasteiger charge is 2.31. The minimum Gasteiger partial charge on any atom is -0.344 e. The second-order valence-corrected chi connectivity index (χ2v) is 5.73. The lowest BCUT2D eigenvalue weighted by Gasteiger charge is -2.32. The Balaban J connectivity index is 2.49. The highest BCUT2D eigenvalue weighted by molar-refractivity contribution is 5.88. The number of hydrogen-bond acceptors (Lipinski definition) is 3. The van der Waals surface area contributed by atoms with Gasteiger partial charge in [-0.05, 0) is 39.0 Å². The molecular weight excluding hydrogens is 242 g/mol. The van der Waals surface area contributed by atoms with E-state index >= 15 is 0 Å². The quantitative estimate of drug-likeness (QED) is 0.790. The zero-order valence-electron chi connectivity index (χ0n) is 12.5. The molecule has 19 heavy (non-hydrogen) atoms. The SMILES string of the molecule is CCN(C)C(=O)C(C)NC(=O)C1CCC(C)C(N)C1. The molecule has 0 aromatic rings. The molecule has 5 heteroatoms. The Morgan fingerprint density at radius 3 is 2.58 bits per heavy atom. The second-order valence-electron chi connectivity index (χ2n) is 5.73. The molecule has 1 fully saturated rings. The Hall–Kier alpha value is -1.10. The van der Waals surface area contributed by atoms with Gasteiger partial charge in [0.2, 0.25) is 11.8 Å². The van der Waals surface area contributed by atoms with Crippen molar-refractivity contribution < 1.29 is 9.59 Å². The summed E-state index contributed by atoms with van der Waals surface area (Å²) in [6.45, 7) is 6.41. The fourth-order valence-electron chi connectivity index (χ4n) is 2.47. The predicted molar refractivity (Wildman–Crippen MR) is 75.4 cm³/mol. The number of nitrogens with two attached hydrogens (primary N) is 1. The van der Waals surface area contributed by atoms with Crippen LogP contribution >= 0.6 is 0 Å². The van der Waals surface area contributed by atoms with Gasteiger partial charge in [-0.2, -0.15) is 0 Å². The molecule has 4 atom stereocenters. The molecule has 3 N–H and O–H groups in total. The minimum atomic E-state index is -0.465. The van der Waals surface area contributed by atoms with Crippen LogP contribution in [0.25, 0.3) is 0 Å². The average molecular weight is 269 g/mol. The molecule has 0 saturated heterocycles. The number of carbonyl (C=O) groups is 2. The van der Waals surface area contributed by atoms with Gasteiger partial charge in [0.1, 0.15) is 6.04 Å². The van der Waals surface area contributed by atoms with E-state index in [2.05, 4.69) is 12.2 Å². The predicted octanol–water partition coefficient (Wildman–Crippen LogP) is 0.733. The first-order valence-electron chi connectivity index (χ1n) is 7.17. The van der Waals surface area contributed by atoms with E-state index in [1.54, 1.807) is 18.9 Å². The summed E-state index contributed by atoms with van der Waals surface area (Å²) < 4.78 is 0. The summed E-state index contributed by atoms with van der Waals surface area (Å²) >= 11 is 0. The van der Waals surface area contributed by atoms with Crippen molar-refractivity contribution in [3.8, 4) is 0 Å². The lowest BCUT2D eigenvalue weighted by Crippen LogP contribution is -2.49. The fraction of sp³-hybridized carbons (Fsp3) is 0.857. The monoisotopic (exact) mass is 269 g/mol. The lowest BCUT2D eigenvalue weighted by molar-refractivity contribution is -0.136. The van der Waals surface area contributed by atoms with Crippen LogP contribution in [0.1, 0.15) is 40.0 Å². The molecule has 0 radical (unpaired) electrons. The van der Waals surface area contributed by atoms with Crippen LogP contribution in [-0.2, 0) is 9.59 Å². The van der Waals surface area contributed by atoms with Crippen LogP contribution in [0, 0.1) is 11.8 Å². The molecule has 1 aliphatic carbocycles. The van der Waals surface area contributed by atoms with Gasteiger partial charge in [0.25, 0.3) is 0 Å². The van der Waals surface area contributed by atoms with Crippen LogP contribution < -0.4 is 11.1 Å². The van der Waals surface area contributed by atoms with Crippen molar-refractivity contribution >= 4 is 11.8 Å². The third kappa shape index (κ3) is 4.20. The minimum absolute atomic E-state index is 0.0345. The molecule has 0 heterocycles. The summed E-state index contributed by atoms with van der Waals surface area (Å²) in [6.07, 6.45) is 2.57.